The van der Waals surface area contributed by atoms with E-state index in [9.17, 15) is 4.79 Å². The Balaban J connectivity index is 2.40. The number of nitrogens with zero attached hydrogens (tertiary/aromatic N) is 1. The molecule has 0 saturated heterocycles. The van der Waals surface area contributed by atoms with E-state index in [1.165, 1.54) is 0 Å². The maximum absolute atomic E-state index is 11.6. The standard InChI is InChI=1S/C11H15IN2O/c1-9-5-4-6-10(14-9)11(15)13-8-3-2-7-12/h4-6H,2-3,7-8H2,1H3,(H,13,15). The molecule has 0 fully saturated rings. The number of aromatic nitrogens is 1. The van der Waals surface area contributed by atoms with Crippen LogP contribution in [0.5, 0.6) is 0 Å². The molecule has 0 aliphatic carbocycles. The van der Waals surface area contributed by atoms with Gasteiger partial charge in [0.1, 0.15) is 5.69 Å². The van der Waals surface area contributed by atoms with Crippen LogP contribution in [0.2, 0.25) is 0 Å². The second-order valence-corrected chi connectivity index (χ2v) is 4.39. The van der Waals surface area contributed by atoms with Gasteiger partial charge in [-0.3, -0.25) is 4.79 Å². The van der Waals surface area contributed by atoms with Crippen molar-refractivity contribution in [1.29, 1.82) is 0 Å². The molecule has 4 heteroatoms. The SMILES string of the molecule is Cc1cccc(C(=O)NCCCCI)n1. The number of nitrogens with one attached hydrogen (secondary N) is 1. The van der Waals surface area contributed by atoms with Gasteiger partial charge < -0.3 is 5.32 Å². The van der Waals surface area contributed by atoms with Crippen molar-refractivity contribution in [3.8, 4) is 0 Å². The Labute approximate surface area is 104 Å². The van der Waals surface area contributed by atoms with Crippen molar-refractivity contribution >= 4 is 28.5 Å². The van der Waals surface area contributed by atoms with Gasteiger partial charge in [-0.2, -0.15) is 0 Å². The molecule has 0 atom stereocenters. The number of hydrogen-bond donors (Lipinski definition) is 1. The van der Waals surface area contributed by atoms with Crippen LogP contribution in [-0.2, 0) is 0 Å². The number of pyridine rings is 1. The first kappa shape index (κ1) is 12.4. The first-order chi connectivity index (χ1) is 7.24. The molecular weight excluding hydrogens is 303 g/mol. The zero-order chi connectivity index (χ0) is 11.1. The lowest BCUT2D eigenvalue weighted by Gasteiger charge is -2.04. The summed E-state index contributed by atoms with van der Waals surface area (Å²) in [6.07, 6.45) is 2.17. The summed E-state index contributed by atoms with van der Waals surface area (Å²) in [6, 6.07) is 5.47. The smallest absolute Gasteiger partial charge is 0.269 e. The Morgan fingerprint density at radius 2 is 2.27 bits per heavy atom. The van der Waals surface area contributed by atoms with Crippen molar-refractivity contribution in [3.05, 3.63) is 29.6 Å². The number of unbranched alkanes of at least 4 members (excludes halogenated alkanes) is 1. The third-order valence-electron chi connectivity index (χ3n) is 1.97. The molecule has 15 heavy (non-hydrogen) atoms. The molecule has 0 unspecified atom stereocenters. The van der Waals surface area contributed by atoms with E-state index in [1.807, 2.05) is 19.1 Å². The average Bonchev–Trinajstić information content (AvgIpc) is 2.24. The minimum absolute atomic E-state index is 0.0767. The van der Waals surface area contributed by atoms with Crippen LogP contribution in [0.15, 0.2) is 18.2 Å². The molecule has 0 aliphatic rings. The molecular formula is C11H15IN2O. The van der Waals surface area contributed by atoms with Crippen molar-refractivity contribution in [2.75, 3.05) is 11.0 Å². The van der Waals surface area contributed by atoms with Gasteiger partial charge in [0.15, 0.2) is 0 Å². The van der Waals surface area contributed by atoms with Gasteiger partial charge in [0.05, 0.1) is 0 Å². The Morgan fingerprint density at radius 3 is 2.93 bits per heavy atom. The average molecular weight is 318 g/mol. The molecule has 0 radical (unpaired) electrons. The van der Waals surface area contributed by atoms with Crippen LogP contribution in [0.4, 0.5) is 0 Å². The molecule has 1 amide bonds. The van der Waals surface area contributed by atoms with E-state index in [0.717, 1.165) is 29.5 Å². The van der Waals surface area contributed by atoms with Crippen molar-refractivity contribution in [1.82, 2.24) is 10.3 Å². The van der Waals surface area contributed by atoms with E-state index in [-0.39, 0.29) is 5.91 Å². The zero-order valence-electron chi connectivity index (χ0n) is 8.79. The van der Waals surface area contributed by atoms with Crippen LogP contribution in [0.1, 0.15) is 29.0 Å². The molecule has 0 spiro atoms. The fourth-order valence-corrected chi connectivity index (χ4v) is 1.72. The molecule has 3 nitrogen and oxygen atoms in total. The lowest BCUT2D eigenvalue weighted by atomic mass is 10.3. The van der Waals surface area contributed by atoms with E-state index in [1.54, 1.807) is 6.07 Å². The quantitative estimate of drug-likeness (QED) is 0.514. The van der Waals surface area contributed by atoms with Gasteiger partial charge in [0.25, 0.3) is 5.91 Å². The van der Waals surface area contributed by atoms with E-state index in [4.69, 9.17) is 0 Å². The van der Waals surface area contributed by atoms with Crippen molar-refractivity contribution in [2.24, 2.45) is 0 Å². The fourth-order valence-electron chi connectivity index (χ4n) is 1.18. The third-order valence-corrected chi connectivity index (χ3v) is 2.73. The molecule has 0 saturated carbocycles. The summed E-state index contributed by atoms with van der Waals surface area (Å²) in [5.41, 5.74) is 1.37. The predicted molar refractivity (Wildman–Crippen MR) is 69.4 cm³/mol. The van der Waals surface area contributed by atoms with Crippen molar-refractivity contribution in [2.45, 2.75) is 19.8 Å². The monoisotopic (exact) mass is 318 g/mol. The third kappa shape index (κ3) is 4.59. The highest BCUT2D eigenvalue weighted by molar-refractivity contribution is 14.1. The van der Waals surface area contributed by atoms with Crippen LogP contribution < -0.4 is 5.32 Å². The number of aryl methyl sites for hydroxylation is 1. The first-order valence-electron chi connectivity index (χ1n) is 5.02. The van der Waals surface area contributed by atoms with Gasteiger partial charge in [-0.1, -0.05) is 28.7 Å². The number of carbonyl (C=O) groups is 1. The molecule has 0 aliphatic heterocycles. The summed E-state index contributed by atoms with van der Waals surface area (Å²) in [7, 11) is 0. The highest BCUT2D eigenvalue weighted by Gasteiger charge is 2.05. The minimum atomic E-state index is -0.0767. The maximum atomic E-state index is 11.6. The molecule has 1 heterocycles. The summed E-state index contributed by atoms with van der Waals surface area (Å²) >= 11 is 2.34. The van der Waals surface area contributed by atoms with E-state index in [2.05, 4.69) is 32.9 Å². The number of hydrogen-bond acceptors (Lipinski definition) is 2. The van der Waals surface area contributed by atoms with Gasteiger partial charge in [-0.05, 0) is 36.3 Å². The molecule has 1 aromatic rings. The van der Waals surface area contributed by atoms with Crippen molar-refractivity contribution < 1.29 is 4.79 Å². The highest BCUT2D eigenvalue weighted by atomic mass is 127. The summed E-state index contributed by atoms with van der Waals surface area (Å²) in [4.78, 5) is 15.7. The largest absolute Gasteiger partial charge is 0.351 e. The first-order valence-corrected chi connectivity index (χ1v) is 6.54. The van der Waals surface area contributed by atoms with Crippen molar-refractivity contribution in [3.63, 3.8) is 0 Å². The molecule has 1 rings (SSSR count). The van der Waals surface area contributed by atoms with Crippen LogP contribution in [0.25, 0.3) is 0 Å². The number of amides is 1. The summed E-state index contributed by atoms with van der Waals surface area (Å²) in [5.74, 6) is -0.0767. The number of halogens is 1. The lowest BCUT2D eigenvalue weighted by Crippen LogP contribution is -2.25. The molecule has 1 aromatic heterocycles. The molecule has 0 aromatic carbocycles. The van der Waals surface area contributed by atoms with Gasteiger partial charge in [-0.15, -0.1) is 0 Å². The normalized spacial score (nSPS) is 10.0. The molecule has 0 bridgehead atoms. The van der Waals surface area contributed by atoms with Crippen LogP contribution >= 0.6 is 22.6 Å². The Bertz CT molecular complexity index is 328. The summed E-state index contributed by atoms with van der Waals surface area (Å²) in [6.45, 7) is 2.62. The molecule has 82 valence electrons. The predicted octanol–water partition coefficient (Wildman–Crippen LogP) is 2.34. The maximum Gasteiger partial charge on any atom is 0.269 e. The second-order valence-electron chi connectivity index (χ2n) is 3.32. The van der Waals surface area contributed by atoms with Gasteiger partial charge in [0, 0.05) is 12.2 Å². The van der Waals surface area contributed by atoms with Crippen LogP contribution in [0, 0.1) is 6.92 Å². The Hall–Kier alpha value is -0.650. The Morgan fingerprint density at radius 1 is 1.47 bits per heavy atom. The van der Waals surface area contributed by atoms with Crippen LogP contribution in [-0.4, -0.2) is 21.9 Å². The second kappa shape index (κ2) is 6.76. The summed E-state index contributed by atoms with van der Waals surface area (Å²) < 4.78 is 1.14. The number of carbonyl (C=O) groups excluding carboxylic acids is 1. The van der Waals surface area contributed by atoms with Gasteiger partial charge >= 0.3 is 0 Å². The van der Waals surface area contributed by atoms with Gasteiger partial charge in [0.2, 0.25) is 0 Å². The van der Waals surface area contributed by atoms with Gasteiger partial charge in [-0.25, -0.2) is 4.98 Å². The van der Waals surface area contributed by atoms with Crippen LogP contribution in [0.3, 0.4) is 0 Å². The number of rotatable bonds is 5. The summed E-state index contributed by atoms with van der Waals surface area (Å²) in [5, 5.41) is 2.86. The highest BCUT2D eigenvalue weighted by Crippen LogP contribution is 1.98. The fraction of sp³-hybridized carbons (Fsp3) is 0.455. The Kier molecular flexibility index (Phi) is 5.60. The zero-order valence-corrected chi connectivity index (χ0v) is 11.0. The van der Waals surface area contributed by atoms with E-state index in [0.29, 0.717) is 5.69 Å². The number of alkyl halides is 1. The molecule has 1 N–H and O–H groups in total. The lowest BCUT2D eigenvalue weighted by molar-refractivity contribution is 0.0948. The topological polar surface area (TPSA) is 42.0 Å². The minimum Gasteiger partial charge on any atom is -0.351 e. The van der Waals surface area contributed by atoms with E-state index < -0.39 is 0 Å². The van der Waals surface area contributed by atoms with E-state index >= 15 is 0 Å².